The van der Waals surface area contributed by atoms with Crippen LogP contribution in [-0.4, -0.2) is 70.7 Å². The highest BCUT2D eigenvalue weighted by atomic mass is 16.1. The second kappa shape index (κ2) is 10.1. The molecule has 10 heteroatoms. The van der Waals surface area contributed by atoms with E-state index >= 15 is 0 Å². The van der Waals surface area contributed by atoms with Gasteiger partial charge in [0.25, 0.3) is 5.91 Å². The van der Waals surface area contributed by atoms with Crippen molar-refractivity contribution in [1.29, 1.82) is 0 Å². The van der Waals surface area contributed by atoms with Crippen molar-refractivity contribution >= 4 is 36.3 Å². The Morgan fingerprint density at radius 3 is 2.82 bits per heavy atom. The third-order valence-electron chi connectivity index (χ3n) is 6.33. The van der Waals surface area contributed by atoms with Gasteiger partial charge in [0.1, 0.15) is 11.4 Å². The van der Waals surface area contributed by atoms with Gasteiger partial charge in [-0.05, 0) is 52.7 Å². The molecule has 4 heterocycles. The number of carbonyl (C=O) groups excluding carboxylic acids is 1. The molecule has 2 atom stereocenters. The van der Waals surface area contributed by atoms with E-state index in [1.54, 1.807) is 4.68 Å². The van der Waals surface area contributed by atoms with Crippen LogP contribution in [0, 0.1) is 5.92 Å². The van der Waals surface area contributed by atoms with Gasteiger partial charge in [-0.25, -0.2) is 9.67 Å². The largest absolute Gasteiger partial charge is 0.317 e. The van der Waals surface area contributed by atoms with E-state index in [-0.39, 0.29) is 5.91 Å². The summed E-state index contributed by atoms with van der Waals surface area (Å²) in [5.74, 6) is 1.91. The monoisotopic (exact) mass is 449 g/mol. The zero-order valence-corrected chi connectivity index (χ0v) is 19.2. The van der Waals surface area contributed by atoms with Crippen LogP contribution in [0.3, 0.4) is 0 Å². The van der Waals surface area contributed by atoms with E-state index in [9.17, 15) is 4.79 Å². The highest BCUT2D eigenvalue weighted by Gasteiger charge is 2.25. The smallest absolute Gasteiger partial charge is 0.262 e. The first kappa shape index (κ1) is 22.8. The Morgan fingerprint density at radius 2 is 2.18 bits per heavy atom. The lowest BCUT2D eigenvalue weighted by Gasteiger charge is -2.22. The van der Waals surface area contributed by atoms with E-state index in [2.05, 4.69) is 52.3 Å². The second-order valence-electron chi connectivity index (χ2n) is 8.31. The average Bonchev–Trinajstić information content (AvgIpc) is 3.48. The summed E-state index contributed by atoms with van der Waals surface area (Å²) in [6.07, 6.45) is 9.07. The van der Waals surface area contributed by atoms with Crippen LogP contribution in [-0.2, 0) is 0 Å². The minimum absolute atomic E-state index is 0.308. The first-order valence-corrected chi connectivity index (χ1v) is 11.2. The number of amides is 1. The Labute approximate surface area is 193 Å². The Bertz CT molecular complexity index is 1090. The summed E-state index contributed by atoms with van der Waals surface area (Å²) >= 11 is 0. The molecule has 1 amide bonds. The molecule has 174 valence electrons. The Hall–Kier alpha value is -3.37. The van der Waals surface area contributed by atoms with Crippen molar-refractivity contribution in [2.24, 2.45) is 15.9 Å². The number of anilines is 1. The second-order valence-corrected chi connectivity index (χ2v) is 8.31. The van der Waals surface area contributed by atoms with E-state index in [1.807, 2.05) is 19.2 Å². The van der Waals surface area contributed by atoms with Gasteiger partial charge in [-0.3, -0.25) is 9.79 Å². The fourth-order valence-corrected chi connectivity index (χ4v) is 4.17. The van der Waals surface area contributed by atoms with Crippen LogP contribution in [0.5, 0.6) is 0 Å². The molecule has 0 spiro atoms. The Morgan fingerprint density at radius 1 is 1.39 bits per heavy atom. The summed E-state index contributed by atoms with van der Waals surface area (Å²) in [6.45, 7) is 11.9. The normalized spacial score (nSPS) is 19.7. The molecule has 0 aliphatic carbocycles. The summed E-state index contributed by atoms with van der Waals surface area (Å²) in [7, 11) is 1.95. The molecule has 2 aromatic heterocycles. The highest BCUT2D eigenvalue weighted by Crippen LogP contribution is 2.28. The molecule has 33 heavy (non-hydrogen) atoms. The van der Waals surface area contributed by atoms with E-state index in [4.69, 9.17) is 10.1 Å². The summed E-state index contributed by atoms with van der Waals surface area (Å²) in [4.78, 5) is 21.8. The molecule has 1 saturated heterocycles. The van der Waals surface area contributed by atoms with Gasteiger partial charge in [0, 0.05) is 36.7 Å². The van der Waals surface area contributed by atoms with Gasteiger partial charge in [-0.1, -0.05) is 12.7 Å². The molecule has 2 aromatic rings. The first-order valence-electron chi connectivity index (χ1n) is 11.2. The Balaban J connectivity index is 1.64. The predicted octanol–water partition coefficient (Wildman–Crippen LogP) is 2.27. The number of piperidine rings is 1. The van der Waals surface area contributed by atoms with Crippen molar-refractivity contribution in [3.8, 4) is 0 Å². The number of hydrogen-bond donors (Lipinski definition) is 3. The fraction of sp³-hybridized carbons (Fsp3) is 0.435. The number of nitrogens with one attached hydrogen (secondary N) is 3. The minimum Gasteiger partial charge on any atom is -0.317 e. The molecule has 2 aliphatic rings. The number of carbonyl (C=O) groups is 1. The van der Waals surface area contributed by atoms with Crippen molar-refractivity contribution in [1.82, 2.24) is 30.2 Å². The van der Waals surface area contributed by atoms with Crippen molar-refractivity contribution in [3.63, 3.8) is 0 Å². The fourth-order valence-electron chi connectivity index (χ4n) is 4.17. The Kier molecular flexibility index (Phi) is 6.95. The molecular weight excluding hydrogens is 418 g/mol. The lowest BCUT2D eigenvalue weighted by Crippen LogP contribution is -2.33. The van der Waals surface area contributed by atoms with Crippen molar-refractivity contribution < 1.29 is 4.79 Å². The molecule has 3 N–H and O–H groups in total. The van der Waals surface area contributed by atoms with Gasteiger partial charge in [-0.2, -0.15) is 14.9 Å². The van der Waals surface area contributed by atoms with Crippen molar-refractivity contribution in [2.45, 2.75) is 31.7 Å². The first-order chi connectivity index (χ1) is 16.0. The SMILES string of the molecule is C=Cn1ncc(C(=O)Nc2cc(C3CCNCC3)nn2C2=NCC(C(C)NC)C=C2)c1N=C. The van der Waals surface area contributed by atoms with Crippen LogP contribution < -0.4 is 16.0 Å². The molecule has 0 aromatic carbocycles. The number of hydrogen-bond acceptors (Lipinski definition) is 7. The molecule has 0 bridgehead atoms. The zero-order chi connectivity index (χ0) is 23.4. The minimum atomic E-state index is -0.342. The van der Waals surface area contributed by atoms with Gasteiger partial charge in [0.2, 0.25) is 0 Å². The maximum Gasteiger partial charge on any atom is 0.262 e. The summed E-state index contributed by atoms with van der Waals surface area (Å²) in [5.41, 5.74) is 1.27. The third-order valence-corrected chi connectivity index (χ3v) is 6.33. The highest BCUT2D eigenvalue weighted by molar-refractivity contribution is 6.08. The number of dihydropyridines is 1. The van der Waals surface area contributed by atoms with Crippen LogP contribution in [0.4, 0.5) is 11.6 Å². The summed E-state index contributed by atoms with van der Waals surface area (Å²) < 4.78 is 3.14. The van der Waals surface area contributed by atoms with Gasteiger partial charge in [0.05, 0.1) is 11.9 Å². The van der Waals surface area contributed by atoms with E-state index in [0.717, 1.165) is 31.6 Å². The quantitative estimate of drug-likeness (QED) is 0.561. The topological polar surface area (TPSA) is 114 Å². The maximum atomic E-state index is 13.1. The maximum absolute atomic E-state index is 13.1. The van der Waals surface area contributed by atoms with Crippen LogP contribution in [0.2, 0.25) is 0 Å². The standard InChI is InChI=1S/C23H31N9O/c1-5-31-22(25-4)18(14-28-31)23(33)29-21-12-19(16-8-10-26-11-9-16)30-32(21)20-7-6-17(13-27-20)15(2)24-3/h5-7,12,14-17,24,26H,1,4,8-11,13H2,2-3H3,(H,29,33). The van der Waals surface area contributed by atoms with Gasteiger partial charge >= 0.3 is 0 Å². The van der Waals surface area contributed by atoms with Crippen molar-refractivity contribution in [2.75, 3.05) is 32.0 Å². The number of aromatic nitrogens is 4. The third kappa shape index (κ3) is 4.71. The molecular formula is C23H31N9O. The van der Waals surface area contributed by atoms with Crippen LogP contribution in [0.1, 0.15) is 41.7 Å². The molecule has 0 saturated carbocycles. The van der Waals surface area contributed by atoms with E-state index < -0.39 is 0 Å². The predicted molar refractivity (Wildman–Crippen MR) is 132 cm³/mol. The number of allylic oxidation sites excluding steroid dienone is 1. The number of nitrogens with zero attached hydrogens (tertiary/aromatic N) is 6. The molecule has 0 radical (unpaired) electrons. The van der Waals surface area contributed by atoms with Crippen LogP contribution >= 0.6 is 0 Å². The van der Waals surface area contributed by atoms with E-state index in [0.29, 0.717) is 47.5 Å². The van der Waals surface area contributed by atoms with Crippen LogP contribution in [0.25, 0.3) is 6.20 Å². The molecule has 4 rings (SSSR count). The molecule has 2 aliphatic heterocycles. The number of aliphatic imine (C=N–C) groups is 2. The molecule has 1 fully saturated rings. The molecule has 10 nitrogen and oxygen atoms in total. The van der Waals surface area contributed by atoms with Crippen LogP contribution in [0.15, 0.2) is 41.0 Å². The lowest BCUT2D eigenvalue weighted by molar-refractivity contribution is 0.102. The zero-order valence-electron chi connectivity index (χ0n) is 19.2. The summed E-state index contributed by atoms with van der Waals surface area (Å²) in [5, 5.41) is 18.6. The van der Waals surface area contributed by atoms with Gasteiger partial charge in [-0.15, -0.1) is 0 Å². The van der Waals surface area contributed by atoms with Gasteiger partial charge < -0.3 is 16.0 Å². The van der Waals surface area contributed by atoms with Crippen molar-refractivity contribution in [3.05, 3.63) is 42.3 Å². The molecule has 2 unspecified atom stereocenters. The average molecular weight is 450 g/mol. The number of rotatable bonds is 7. The summed E-state index contributed by atoms with van der Waals surface area (Å²) in [6, 6.07) is 2.27. The lowest BCUT2D eigenvalue weighted by atomic mass is 9.95. The van der Waals surface area contributed by atoms with E-state index in [1.165, 1.54) is 17.1 Å². The van der Waals surface area contributed by atoms with Gasteiger partial charge in [0.15, 0.2) is 11.7 Å².